The van der Waals surface area contributed by atoms with Gasteiger partial charge in [0.2, 0.25) is 0 Å². The normalized spacial score (nSPS) is 13.0. The van der Waals surface area contributed by atoms with Gasteiger partial charge in [-0.3, -0.25) is 9.48 Å². The molecule has 0 bridgehead atoms. The number of ether oxygens (including phenoxy) is 1. The summed E-state index contributed by atoms with van der Waals surface area (Å²) in [6, 6.07) is 9.08. The van der Waals surface area contributed by atoms with E-state index >= 15 is 0 Å². The Balaban J connectivity index is 1.86. The van der Waals surface area contributed by atoms with Crippen molar-refractivity contribution in [1.82, 2.24) is 15.0 Å². The second-order valence-corrected chi connectivity index (χ2v) is 6.12. The van der Waals surface area contributed by atoms with E-state index in [0.29, 0.717) is 6.42 Å². The second-order valence-electron chi connectivity index (χ2n) is 6.12. The third-order valence-electron chi connectivity index (χ3n) is 4.02. The van der Waals surface area contributed by atoms with E-state index in [1.165, 1.54) is 6.92 Å². The second kappa shape index (κ2) is 9.58. The number of unbranched alkanes of at least 4 members (excludes halogenated alkanes) is 2. The molecule has 0 aliphatic carbocycles. The fourth-order valence-electron chi connectivity index (χ4n) is 2.86. The van der Waals surface area contributed by atoms with Gasteiger partial charge in [-0.25, -0.2) is 6.57 Å². The number of nitrogens with zero attached hydrogens (tertiary/aromatic N) is 4. The monoisotopic (exact) mass is 340 g/mol. The van der Waals surface area contributed by atoms with Crippen molar-refractivity contribution >= 4 is 5.97 Å². The average Bonchev–Trinajstić information content (AvgIpc) is 3.01. The highest BCUT2D eigenvalue weighted by molar-refractivity contribution is 5.66. The number of aryl methyl sites for hydroxylation is 2. The van der Waals surface area contributed by atoms with Crippen LogP contribution in [0.1, 0.15) is 49.9 Å². The van der Waals surface area contributed by atoms with Crippen LogP contribution in [0, 0.1) is 6.57 Å². The number of carbonyl (C=O) groups is 1. The van der Waals surface area contributed by atoms with Gasteiger partial charge in [-0.05, 0) is 25.7 Å². The molecule has 2 unspecified atom stereocenters. The van der Waals surface area contributed by atoms with E-state index in [-0.39, 0.29) is 5.97 Å². The maximum atomic E-state index is 11.4. The molecule has 6 nitrogen and oxygen atoms in total. The number of hydrogen-bond donors (Lipinski definition) is 0. The first-order valence-corrected chi connectivity index (χ1v) is 8.54. The molecule has 0 radical (unpaired) electrons. The molecule has 1 heterocycles. The number of carbonyl (C=O) groups excluding carboxylic acids is 1. The van der Waals surface area contributed by atoms with Gasteiger partial charge in [0.1, 0.15) is 0 Å². The lowest BCUT2D eigenvalue weighted by Crippen LogP contribution is -2.23. The number of aromatic nitrogens is 3. The standard InChI is InChI=1S/C19H24N4O2/c1-15(24)25-18(19(20-2)16-10-6-4-7-11-16)13-9-5-8-12-17-14-23(3)22-21-17/h4,6-7,10-11,14,18-19H,5,8-9,12-13H2,1,3H3. The van der Waals surface area contributed by atoms with Gasteiger partial charge in [0.25, 0.3) is 6.04 Å². The molecule has 0 N–H and O–H groups in total. The summed E-state index contributed by atoms with van der Waals surface area (Å²) in [7, 11) is 1.86. The topological polar surface area (TPSA) is 61.4 Å². The SMILES string of the molecule is [C-]#[N+]C(c1ccccc1)C(CCCCCc1cn(C)nn1)OC(C)=O. The molecule has 2 atom stereocenters. The summed E-state index contributed by atoms with van der Waals surface area (Å²) >= 11 is 0. The van der Waals surface area contributed by atoms with Crippen LogP contribution in [0.5, 0.6) is 0 Å². The Bertz CT molecular complexity index is 706. The summed E-state index contributed by atoms with van der Waals surface area (Å²) in [6.45, 7) is 8.92. The Morgan fingerprint density at radius 2 is 2.04 bits per heavy atom. The van der Waals surface area contributed by atoms with Crippen molar-refractivity contribution in [2.75, 3.05) is 0 Å². The quantitative estimate of drug-likeness (QED) is 0.398. The summed E-state index contributed by atoms with van der Waals surface area (Å²) in [5.41, 5.74) is 1.88. The van der Waals surface area contributed by atoms with Crippen molar-refractivity contribution < 1.29 is 9.53 Å². The first-order valence-electron chi connectivity index (χ1n) is 8.54. The molecule has 2 rings (SSSR count). The number of benzene rings is 1. The lowest BCUT2D eigenvalue weighted by Gasteiger charge is -2.18. The molecule has 0 fully saturated rings. The largest absolute Gasteiger partial charge is 0.454 e. The number of esters is 1. The molecule has 132 valence electrons. The molecule has 2 aromatic rings. The van der Waals surface area contributed by atoms with Crippen molar-refractivity contribution in [1.29, 1.82) is 0 Å². The van der Waals surface area contributed by atoms with Crippen LogP contribution in [0.15, 0.2) is 36.5 Å². The predicted molar refractivity (Wildman–Crippen MR) is 94.5 cm³/mol. The Morgan fingerprint density at radius 3 is 2.64 bits per heavy atom. The highest BCUT2D eigenvalue weighted by Gasteiger charge is 2.30. The molecular formula is C19H24N4O2. The van der Waals surface area contributed by atoms with E-state index in [9.17, 15) is 4.79 Å². The fraction of sp³-hybridized carbons (Fsp3) is 0.474. The van der Waals surface area contributed by atoms with Crippen LogP contribution in [0.4, 0.5) is 0 Å². The van der Waals surface area contributed by atoms with Gasteiger partial charge in [-0.15, -0.1) is 5.10 Å². The Hall–Kier alpha value is -2.68. The summed E-state index contributed by atoms with van der Waals surface area (Å²) in [5, 5.41) is 7.99. The van der Waals surface area contributed by atoms with Gasteiger partial charge >= 0.3 is 5.97 Å². The minimum absolute atomic E-state index is 0.339. The minimum Gasteiger partial charge on any atom is -0.454 e. The summed E-state index contributed by atoms with van der Waals surface area (Å²) in [6.07, 6.45) is 5.98. The Morgan fingerprint density at radius 1 is 1.28 bits per heavy atom. The van der Waals surface area contributed by atoms with E-state index in [4.69, 9.17) is 11.3 Å². The van der Waals surface area contributed by atoms with E-state index in [1.807, 2.05) is 43.6 Å². The van der Waals surface area contributed by atoms with Gasteiger partial charge in [0, 0.05) is 25.7 Å². The van der Waals surface area contributed by atoms with Gasteiger partial charge in [0.05, 0.1) is 5.69 Å². The molecule has 25 heavy (non-hydrogen) atoms. The van der Waals surface area contributed by atoms with Crippen molar-refractivity contribution in [3.63, 3.8) is 0 Å². The highest BCUT2D eigenvalue weighted by atomic mass is 16.5. The maximum Gasteiger partial charge on any atom is 0.303 e. The van der Waals surface area contributed by atoms with E-state index in [1.54, 1.807) is 4.68 Å². The van der Waals surface area contributed by atoms with E-state index in [0.717, 1.165) is 36.9 Å². The highest BCUT2D eigenvalue weighted by Crippen LogP contribution is 2.27. The van der Waals surface area contributed by atoms with Crippen molar-refractivity contribution in [3.05, 3.63) is 59.2 Å². The van der Waals surface area contributed by atoms with Crippen LogP contribution in [-0.4, -0.2) is 27.1 Å². The number of hydrogen-bond acceptors (Lipinski definition) is 4. The summed E-state index contributed by atoms with van der Waals surface area (Å²) in [5.74, 6) is -0.339. The number of rotatable bonds is 9. The van der Waals surface area contributed by atoms with Gasteiger partial charge < -0.3 is 9.58 Å². The van der Waals surface area contributed by atoms with E-state index in [2.05, 4.69) is 15.2 Å². The maximum absolute atomic E-state index is 11.4. The molecule has 0 saturated carbocycles. The minimum atomic E-state index is -0.454. The average molecular weight is 340 g/mol. The fourth-order valence-corrected chi connectivity index (χ4v) is 2.86. The molecule has 0 aliphatic heterocycles. The van der Waals surface area contributed by atoms with Crippen LogP contribution >= 0.6 is 0 Å². The van der Waals surface area contributed by atoms with Crippen molar-refractivity contribution in [2.45, 2.75) is 51.2 Å². The van der Waals surface area contributed by atoms with Gasteiger partial charge in [-0.1, -0.05) is 42.0 Å². The Labute approximate surface area is 148 Å². The van der Waals surface area contributed by atoms with Crippen LogP contribution < -0.4 is 0 Å². The first kappa shape index (κ1) is 18.7. The van der Waals surface area contributed by atoms with Crippen LogP contribution in [0.3, 0.4) is 0 Å². The smallest absolute Gasteiger partial charge is 0.303 e. The lowest BCUT2D eigenvalue weighted by atomic mass is 9.97. The zero-order valence-corrected chi connectivity index (χ0v) is 14.8. The van der Waals surface area contributed by atoms with Crippen molar-refractivity contribution in [3.8, 4) is 0 Å². The third-order valence-corrected chi connectivity index (χ3v) is 4.02. The predicted octanol–water partition coefficient (Wildman–Crippen LogP) is 3.51. The van der Waals surface area contributed by atoms with Gasteiger partial charge in [-0.2, -0.15) is 0 Å². The van der Waals surface area contributed by atoms with Crippen LogP contribution in [0.2, 0.25) is 0 Å². The summed E-state index contributed by atoms with van der Waals surface area (Å²) < 4.78 is 7.15. The summed E-state index contributed by atoms with van der Waals surface area (Å²) in [4.78, 5) is 15.2. The van der Waals surface area contributed by atoms with Crippen molar-refractivity contribution in [2.24, 2.45) is 7.05 Å². The molecule has 0 amide bonds. The molecule has 1 aromatic carbocycles. The molecule has 1 aromatic heterocycles. The van der Waals surface area contributed by atoms with Crippen LogP contribution in [-0.2, 0) is 23.0 Å². The lowest BCUT2D eigenvalue weighted by molar-refractivity contribution is -0.147. The third kappa shape index (κ3) is 6.03. The zero-order valence-electron chi connectivity index (χ0n) is 14.8. The molecule has 0 aliphatic rings. The van der Waals surface area contributed by atoms with Crippen LogP contribution in [0.25, 0.3) is 4.85 Å². The molecular weight excluding hydrogens is 316 g/mol. The van der Waals surface area contributed by atoms with Gasteiger partial charge in [0.15, 0.2) is 6.10 Å². The molecule has 0 saturated heterocycles. The molecule has 6 heteroatoms. The first-order chi connectivity index (χ1) is 12.1. The Kier molecular flexibility index (Phi) is 7.15. The van der Waals surface area contributed by atoms with E-state index < -0.39 is 12.1 Å². The molecule has 0 spiro atoms. The zero-order chi connectivity index (χ0) is 18.1.